The van der Waals surface area contributed by atoms with Gasteiger partial charge < -0.3 is 24.8 Å². The maximum absolute atomic E-state index is 12.5. The molecule has 0 bridgehead atoms. The lowest BCUT2D eigenvalue weighted by Crippen LogP contribution is -2.30. The van der Waals surface area contributed by atoms with Gasteiger partial charge in [-0.05, 0) is 43.3 Å². The second-order valence-corrected chi connectivity index (χ2v) is 5.83. The summed E-state index contributed by atoms with van der Waals surface area (Å²) in [6.45, 7) is 2.86. The van der Waals surface area contributed by atoms with Crippen LogP contribution in [0.4, 0.5) is 11.4 Å². The highest BCUT2D eigenvalue weighted by molar-refractivity contribution is 6.00. The van der Waals surface area contributed by atoms with E-state index in [4.69, 9.17) is 14.2 Å². The Morgan fingerprint density at radius 1 is 0.857 bits per heavy atom. The van der Waals surface area contributed by atoms with Gasteiger partial charge in [0.15, 0.2) is 6.10 Å². The summed E-state index contributed by atoms with van der Waals surface area (Å²) >= 11 is 0. The van der Waals surface area contributed by atoms with E-state index in [0.29, 0.717) is 11.4 Å². The van der Waals surface area contributed by atoms with Crippen LogP contribution in [0.15, 0.2) is 42.5 Å². The summed E-state index contributed by atoms with van der Waals surface area (Å²) in [6.07, 6.45) is -1.06. The van der Waals surface area contributed by atoms with Gasteiger partial charge in [-0.1, -0.05) is 6.07 Å². The van der Waals surface area contributed by atoms with Crippen molar-refractivity contribution >= 4 is 29.2 Å². The van der Waals surface area contributed by atoms with Crippen molar-refractivity contribution in [3.63, 3.8) is 0 Å². The first kappa shape index (κ1) is 20.8. The summed E-state index contributed by atoms with van der Waals surface area (Å²) in [5.74, 6) is -0.868. The molecule has 148 valence electrons. The lowest BCUT2D eigenvalue weighted by molar-refractivity contribution is -0.123. The second kappa shape index (κ2) is 9.40. The molecule has 2 aromatic carbocycles. The van der Waals surface area contributed by atoms with Gasteiger partial charge in [0.2, 0.25) is 5.91 Å². The first-order valence-electron chi connectivity index (χ1n) is 8.46. The van der Waals surface area contributed by atoms with Crippen molar-refractivity contribution in [3.05, 3.63) is 48.0 Å². The lowest BCUT2D eigenvalue weighted by atomic mass is 10.1. The molecule has 2 N–H and O–H groups in total. The highest BCUT2D eigenvalue weighted by Gasteiger charge is 2.24. The quantitative estimate of drug-likeness (QED) is 0.710. The summed E-state index contributed by atoms with van der Waals surface area (Å²) in [7, 11) is 2.85. The van der Waals surface area contributed by atoms with Gasteiger partial charge in [0, 0.05) is 18.3 Å². The Balaban J connectivity index is 2.04. The SMILES string of the molecule is COc1cccc(OC)c1C(=O)O[C@H](C)C(=O)Nc1ccc(NC(C)=O)cc1. The molecule has 2 rings (SSSR count). The molecule has 2 aromatic rings. The van der Waals surface area contributed by atoms with Crippen LogP contribution >= 0.6 is 0 Å². The molecule has 1 atom stereocenters. The number of ether oxygens (including phenoxy) is 3. The summed E-state index contributed by atoms with van der Waals surface area (Å²) in [6, 6.07) is 11.4. The van der Waals surface area contributed by atoms with Crippen LogP contribution in [0.5, 0.6) is 11.5 Å². The Morgan fingerprint density at radius 3 is 1.82 bits per heavy atom. The van der Waals surface area contributed by atoms with E-state index in [0.717, 1.165) is 0 Å². The minimum atomic E-state index is -1.06. The number of nitrogens with one attached hydrogen (secondary N) is 2. The van der Waals surface area contributed by atoms with Crippen molar-refractivity contribution < 1.29 is 28.6 Å². The Labute approximate surface area is 162 Å². The van der Waals surface area contributed by atoms with E-state index in [2.05, 4.69) is 10.6 Å². The predicted molar refractivity (Wildman–Crippen MR) is 104 cm³/mol. The van der Waals surface area contributed by atoms with E-state index in [9.17, 15) is 14.4 Å². The third kappa shape index (κ3) is 5.23. The van der Waals surface area contributed by atoms with Gasteiger partial charge in [0.05, 0.1) is 14.2 Å². The average molecular weight is 386 g/mol. The number of anilines is 2. The molecule has 8 nitrogen and oxygen atoms in total. The smallest absolute Gasteiger partial charge is 0.346 e. The molecule has 0 aliphatic rings. The molecular formula is C20H22N2O6. The van der Waals surface area contributed by atoms with E-state index in [-0.39, 0.29) is 23.0 Å². The zero-order chi connectivity index (χ0) is 20.7. The van der Waals surface area contributed by atoms with Crippen LogP contribution in [-0.4, -0.2) is 38.1 Å². The van der Waals surface area contributed by atoms with E-state index in [1.165, 1.54) is 28.1 Å². The highest BCUT2D eigenvalue weighted by atomic mass is 16.6. The summed E-state index contributed by atoms with van der Waals surface area (Å²) in [4.78, 5) is 35.9. The molecule has 0 saturated heterocycles. The van der Waals surface area contributed by atoms with E-state index in [1.54, 1.807) is 42.5 Å². The molecular weight excluding hydrogens is 364 g/mol. The van der Waals surface area contributed by atoms with Crippen LogP contribution in [-0.2, 0) is 14.3 Å². The summed E-state index contributed by atoms with van der Waals surface area (Å²) in [5.41, 5.74) is 1.21. The third-order valence-corrected chi connectivity index (χ3v) is 3.76. The van der Waals surface area contributed by atoms with Crippen molar-refractivity contribution in [1.29, 1.82) is 0 Å². The third-order valence-electron chi connectivity index (χ3n) is 3.76. The number of amides is 2. The summed E-state index contributed by atoms with van der Waals surface area (Å²) in [5, 5.41) is 5.27. The van der Waals surface area contributed by atoms with Gasteiger partial charge in [0.1, 0.15) is 17.1 Å². The van der Waals surface area contributed by atoms with Crippen LogP contribution in [0.25, 0.3) is 0 Å². The Morgan fingerprint density at radius 2 is 1.36 bits per heavy atom. The van der Waals surface area contributed by atoms with E-state index < -0.39 is 18.0 Å². The van der Waals surface area contributed by atoms with Crippen molar-refractivity contribution in [3.8, 4) is 11.5 Å². The molecule has 0 heterocycles. The average Bonchev–Trinajstić information content (AvgIpc) is 2.68. The van der Waals surface area contributed by atoms with Crippen molar-refractivity contribution in [2.24, 2.45) is 0 Å². The van der Waals surface area contributed by atoms with Gasteiger partial charge >= 0.3 is 5.97 Å². The van der Waals surface area contributed by atoms with Gasteiger partial charge in [0.25, 0.3) is 5.91 Å². The number of methoxy groups -OCH3 is 2. The van der Waals surface area contributed by atoms with Crippen LogP contribution in [0, 0.1) is 0 Å². The number of carbonyl (C=O) groups is 3. The molecule has 0 spiro atoms. The zero-order valence-electron chi connectivity index (χ0n) is 16.1. The fourth-order valence-corrected chi connectivity index (χ4v) is 2.41. The minimum Gasteiger partial charge on any atom is -0.496 e. The molecule has 0 radical (unpaired) electrons. The first-order chi connectivity index (χ1) is 13.3. The van der Waals surface area contributed by atoms with Crippen molar-refractivity contribution in [2.45, 2.75) is 20.0 Å². The number of hydrogen-bond acceptors (Lipinski definition) is 6. The highest BCUT2D eigenvalue weighted by Crippen LogP contribution is 2.29. The van der Waals surface area contributed by atoms with Crippen molar-refractivity contribution in [1.82, 2.24) is 0 Å². The van der Waals surface area contributed by atoms with Gasteiger partial charge in [-0.3, -0.25) is 9.59 Å². The largest absolute Gasteiger partial charge is 0.496 e. The monoisotopic (exact) mass is 386 g/mol. The summed E-state index contributed by atoms with van der Waals surface area (Å²) < 4.78 is 15.6. The second-order valence-electron chi connectivity index (χ2n) is 5.83. The molecule has 8 heteroatoms. The molecule has 0 unspecified atom stereocenters. The van der Waals surface area contributed by atoms with Gasteiger partial charge in [-0.25, -0.2) is 4.79 Å². The molecule has 28 heavy (non-hydrogen) atoms. The predicted octanol–water partition coefficient (Wildman–Crippen LogP) is 2.85. The Hall–Kier alpha value is -3.55. The minimum absolute atomic E-state index is 0.104. The molecule has 0 aliphatic carbocycles. The number of benzene rings is 2. The van der Waals surface area contributed by atoms with Crippen LogP contribution in [0.1, 0.15) is 24.2 Å². The molecule has 0 saturated carbocycles. The number of esters is 1. The van der Waals surface area contributed by atoms with Crippen LogP contribution in [0.2, 0.25) is 0 Å². The maximum atomic E-state index is 12.5. The zero-order valence-corrected chi connectivity index (χ0v) is 16.1. The molecule has 0 aromatic heterocycles. The number of rotatable bonds is 7. The maximum Gasteiger partial charge on any atom is 0.346 e. The number of carbonyl (C=O) groups excluding carboxylic acids is 3. The molecule has 0 aliphatic heterocycles. The molecule has 2 amide bonds. The van der Waals surface area contributed by atoms with Crippen LogP contribution in [0.3, 0.4) is 0 Å². The normalized spacial score (nSPS) is 11.1. The van der Waals surface area contributed by atoms with E-state index >= 15 is 0 Å². The van der Waals surface area contributed by atoms with Crippen molar-refractivity contribution in [2.75, 3.05) is 24.9 Å². The van der Waals surface area contributed by atoms with Gasteiger partial charge in [-0.2, -0.15) is 0 Å². The molecule has 0 fully saturated rings. The van der Waals surface area contributed by atoms with Gasteiger partial charge in [-0.15, -0.1) is 0 Å². The van der Waals surface area contributed by atoms with Crippen LogP contribution < -0.4 is 20.1 Å². The lowest BCUT2D eigenvalue weighted by Gasteiger charge is -2.16. The first-order valence-corrected chi connectivity index (χ1v) is 8.46. The van der Waals surface area contributed by atoms with E-state index in [1.807, 2.05) is 0 Å². The Bertz CT molecular complexity index is 841. The topological polar surface area (TPSA) is 103 Å². The Kier molecular flexibility index (Phi) is 6.97. The fraction of sp³-hybridized carbons (Fsp3) is 0.250. The standard InChI is InChI=1S/C20H22N2O6/c1-12(19(24)22-15-10-8-14(9-11-15)21-13(2)23)28-20(25)18-16(26-3)6-5-7-17(18)27-4/h5-12H,1-4H3,(H,21,23)(H,22,24)/t12-/m1/s1. The number of hydrogen-bond donors (Lipinski definition) is 2. The fourth-order valence-electron chi connectivity index (χ4n) is 2.41.